The molecule has 4 heterocycles. The third-order valence-corrected chi connectivity index (χ3v) is 15.0. The molecule has 0 aromatic heterocycles. The first kappa shape index (κ1) is 41.3. The normalized spacial score (nSPS) is 12.9. The molecular formula is C66H42B2N2O3. The Morgan fingerprint density at radius 1 is 0.288 bits per heavy atom. The molecule has 0 aliphatic carbocycles. The average Bonchev–Trinajstić information content (AvgIpc) is 3.45. The van der Waals surface area contributed by atoms with Gasteiger partial charge in [0, 0.05) is 57.5 Å². The molecule has 0 radical (unpaired) electrons. The Balaban J connectivity index is 0.958. The fourth-order valence-electron chi connectivity index (χ4n) is 11.9. The molecule has 11 aromatic carbocycles. The Kier molecular flexibility index (Phi) is 9.39. The molecule has 0 bridgehead atoms. The summed E-state index contributed by atoms with van der Waals surface area (Å²) in [5.41, 5.74) is 19.7. The molecule has 340 valence electrons. The molecule has 0 fully saturated rings. The quantitative estimate of drug-likeness (QED) is 0.149. The van der Waals surface area contributed by atoms with Crippen molar-refractivity contribution >= 4 is 80.3 Å². The molecule has 4 aliphatic rings. The summed E-state index contributed by atoms with van der Waals surface area (Å²) in [4.78, 5) is 4.77. The predicted molar refractivity (Wildman–Crippen MR) is 301 cm³/mol. The number of para-hydroxylation sites is 5. The van der Waals surface area contributed by atoms with Crippen molar-refractivity contribution in [1.82, 2.24) is 0 Å². The maximum Gasteiger partial charge on any atom is 0.260 e. The molecule has 0 unspecified atom stereocenters. The van der Waals surface area contributed by atoms with E-state index in [1.807, 2.05) is 12.1 Å². The van der Waals surface area contributed by atoms with Gasteiger partial charge in [0.05, 0.1) is 11.4 Å². The van der Waals surface area contributed by atoms with Crippen LogP contribution in [0.25, 0.3) is 33.4 Å². The lowest BCUT2D eigenvalue weighted by Crippen LogP contribution is -2.62. The average molecular weight is 933 g/mol. The summed E-state index contributed by atoms with van der Waals surface area (Å²) in [6, 6.07) is 90.8. The summed E-state index contributed by atoms with van der Waals surface area (Å²) in [7, 11) is 0. The number of hydrogen-bond donors (Lipinski definition) is 0. The van der Waals surface area contributed by atoms with Gasteiger partial charge in [0.25, 0.3) is 13.4 Å². The summed E-state index contributed by atoms with van der Waals surface area (Å²) < 4.78 is 21.5. The number of hydrogen-bond acceptors (Lipinski definition) is 5. The van der Waals surface area contributed by atoms with E-state index in [0.29, 0.717) is 0 Å². The van der Waals surface area contributed by atoms with E-state index in [9.17, 15) is 0 Å². The first-order valence-electron chi connectivity index (χ1n) is 25.0. The smallest absolute Gasteiger partial charge is 0.260 e. The lowest BCUT2D eigenvalue weighted by molar-refractivity contribution is 0.456. The first-order valence-corrected chi connectivity index (χ1v) is 25.0. The van der Waals surface area contributed by atoms with Gasteiger partial charge in [-0.05, 0) is 98.1 Å². The van der Waals surface area contributed by atoms with Crippen molar-refractivity contribution in [2.45, 2.75) is 0 Å². The standard InChI is InChI=1S/C66H42B2N2O3/c1-6-21-43(22-7-1)46-37-57-64-61(38-46)72-59-42-60-55(68-53-34-17-19-36-58(53)71-62-39-49(40-63(73-60)65(62)68)69(47-27-12-4-13-28-47)48-29-14-5-15-30-48)41-54(59)67(64)52-33-16-18-35-56(52)70(57)66-50(44-23-8-2-9-24-44)31-20-32-51(66)45-25-10-3-11-26-45/h1-42H. The highest BCUT2D eigenvalue weighted by atomic mass is 16.5. The summed E-state index contributed by atoms with van der Waals surface area (Å²) in [5, 5.41) is 0. The Morgan fingerprint density at radius 2 is 0.767 bits per heavy atom. The van der Waals surface area contributed by atoms with Crippen LogP contribution in [0.3, 0.4) is 0 Å². The highest BCUT2D eigenvalue weighted by Crippen LogP contribution is 2.50. The van der Waals surface area contributed by atoms with Crippen LogP contribution in [0.1, 0.15) is 0 Å². The van der Waals surface area contributed by atoms with Crippen LogP contribution in [-0.4, -0.2) is 13.4 Å². The number of fused-ring (bicyclic) bond motifs is 8. The van der Waals surface area contributed by atoms with Gasteiger partial charge in [-0.25, -0.2) is 0 Å². The third-order valence-electron chi connectivity index (χ3n) is 15.0. The summed E-state index contributed by atoms with van der Waals surface area (Å²) in [5.74, 6) is 4.73. The molecule has 0 saturated heterocycles. The van der Waals surface area contributed by atoms with E-state index in [4.69, 9.17) is 14.2 Å². The lowest BCUT2D eigenvalue weighted by atomic mass is 9.31. The van der Waals surface area contributed by atoms with E-state index in [2.05, 4.69) is 252 Å². The second kappa shape index (κ2) is 16.6. The fraction of sp³-hybridized carbons (Fsp3) is 0. The molecule has 0 N–H and O–H groups in total. The first-order chi connectivity index (χ1) is 36.2. The van der Waals surface area contributed by atoms with Crippen LogP contribution >= 0.6 is 0 Å². The second-order valence-electron chi connectivity index (χ2n) is 19.1. The van der Waals surface area contributed by atoms with Gasteiger partial charge in [-0.3, -0.25) is 0 Å². The van der Waals surface area contributed by atoms with Crippen molar-refractivity contribution in [1.29, 1.82) is 0 Å². The van der Waals surface area contributed by atoms with E-state index < -0.39 is 0 Å². The van der Waals surface area contributed by atoms with Crippen LogP contribution in [0.15, 0.2) is 255 Å². The Bertz CT molecular complexity index is 3870. The minimum atomic E-state index is -0.164. The van der Waals surface area contributed by atoms with Crippen molar-refractivity contribution < 1.29 is 14.2 Å². The number of benzene rings is 11. The van der Waals surface area contributed by atoms with Crippen molar-refractivity contribution in [3.8, 4) is 67.9 Å². The number of ether oxygens (including phenoxy) is 3. The van der Waals surface area contributed by atoms with E-state index in [-0.39, 0.29) is 13.4 Å². The predicted octanol–water partition coefficient (Wildman–Crippen LogP) is 13.3. The van der Waals surface area contributed by atoms with Crippen LogP contribution in [0.2, 0.25) is 0 Å². The van der Waals surface area contributed by atoms with E-state index in [1.54, 1.807) is 0 Å². The van der Waals surface area contributed by atoms with Crippen molar-refractivity contribution in [2.75, 3.05) is 9.80 Å². The second-order valence-corrected chi connectivity index (χ2v) is 19.1. The maximum absolute atomic E-state index is 7.38. The summed E-state index contributed by atoms with van der Waals surface area (Å²) in [6.07, 6.45) is 0. The van der Waals surface area contributed by atoms with Crippen LogP contribution in [0.4, 0.5) is 34.1 Å². The van der Waals surface area contributed by atoms with Crippen molar-refractivity contribution in [3.63, 3.8) is 0 Å². The van der Waals surface area contributed by atoms with Gasteiger partial charge >= 0.3 is 0 Å². The number of rotatable bonds is 7. The third kappa shape index (κ3) is 6.59. The molecule has 7 heteroatoms. The molecule has 4 aliphatic heterocycles. The van der Waals surface area contributed by atoms with Crippen LogP contribution < -0.4 is 56.8 Å². The van der Waals surface area contributed by atoms with Gasteiger partial charge in [0.1, 0.15) is 34.5 Å². The zero-order valence-electron chi connectivity index (χ0n) is 39.5. The molecule has 5 nitrogen and oxygen atoms in total. The van der Waals surface area contributed by atoms with E-state index >= 15 is 0 Å². The topological polar surface area (TPSA) is 34.2 Å². The zero-order valence-corrected chi connectivity index (χ0v) is 39.5. The minimum Gasteiger partial charge on any atom is -0.458 e. The number of nitrogens with zero attached hydrogens (tertiary/aromatic N) is 2. The molecular weight excluding hydrogens is 890 g/mol. The Morgan fingerprint density at radius 3 is 1.37 bits per heavy atom. The van der Waals surface area contributed by atoms with Crippen LogP contribution in [0, 0.1) is 0 Å². The molecule has 0 spiro atoms. The van der Waals surface area contributed by atoms with Gasteiger partial charge in [-0.15, -0.1) is 0 Å². The van der Waals surface area contributed by atoms with Gasteiger partial charge in [0.2, 0.25) is 0 Å². The molecule has 73 heavy (non-hydrogen) atoms. The van der Waals surface area contributed by atoms with Gasteiger partial charge in [-0.1, -0.05) is 188 Å². The highest BCUT2D eigenvalue weighted by Gasteiger charge is 2.47. The van der Waals surface area contributed by atoms with E-state index in [0.717, 1.165) is 129 Å². The lowest BCUT2D eigenvalue weighted by Gasteiger charge is -2.42. The van der Waals surface area contributed by atoms with Gasteiger partial charge in [-0.2, -0.15) is 0 Å². The Hall–Kier alpha value is -9.45. The number of anilines is 6. The summed E-state index contributed by atoms with van der Waals surface area (Å²) >= 11 is 0. The molecule has 0 atom stereocenters. The largest absolute Gasteiger partial charge is 0.458 e. The Labute approximate surface area is 424 Å². The SMILES string of the molecule is c1ccc(-c2cc3c4c(c2)N(c2c(-c5ccccc5)cccc2-c2ccccc2)c2ccccc2B4c2cc4c(cc2O3)Oc2cc(N(c3ccccc3)c3ccccc3)cc3c2B4c2ccccc2O3)cc1. The molecule has 0 amide bonds. The van der Waals surface area contributed by atoms with Gasteiger partial charge in [0.15, 0.2) is 0 Å². The summed E-state index contributed by atoms with van der Waals surface area (Å²) in [6.45, 7) is -0.327. The van der Waals surface area contributed by atoms with Gasteiger partial charge < -0.3 is 24.0 Å². The van der Waals surface area contributed by atoms with Crippen LogP contribution in [0.5, 0.6) is 34.5 Å². The maximum atomic E-state index is 7.38. The van der Waals surface area contributed by atoms with Crippen molar-refractivity contribution in [3.05, 3.63) is 255 Å². The monoisotopic (exact) mass is 932 g/mol. The van der Waals surface area contributed by atoms with E-state index in [1.165, 1.54) is 5.46 Å². The molecule has 15 rings (SSSR count). The van der Waals surface area contributed by atoms with Crippen molar-refractivity contribution in [2.24, 2.45) is 0 Å². The zero-order chi connectivity index (χ0) is 48.0. The minimum absolute atomic E-state index is 0.163. The fourth-order valence-corrected chi connectivity index (χ4v) is 11.9. The molecule has 0 saturated carbocycles. The highest BCUT2D eigenvalue weighted by molar-refractivity contribution is 7.01. The van der Waals surface area contributed by atoms with Crippen LogP contribution in [-0.2, 0) is 0 Å². The molecule has 11 aromatic rings.